The van der Waals surface area contributed by atoms with Crippen molar-refractivity contribution >= 4 is 17.1 Å². The minimum absolute atomic E-state index is 0.0526. The molecule has 1 aromatic carbocycles. The van der Waals surface area contributed by atoms with Gasteiger partial charge in [0.25, 0.3) is 0 Å². The number of nitrogens with zero attached hydrogens (tertiary/aromatic N) is 3. The smallest absolute Gasteiger partial charge is 0.315 e. The van der Waals surface area contributed by atoms with Crippen molar-refractivity contribution in [1.29, 1.82) is 0 Å². The molecule has 1 aromatic rings. The van der Waals surface area contributed by atoms with E-state index in [1.807, 2.05) is 6.07 Å². The van der Waals surface area contributed by atoms with Crippen LogP contribution in [0.15, 0.2) is 18.2 Å². The van der Waals surface area contributed by atoms with Crippen LogP contribution in [-0.2, 0) is 0 Å². The molecule has 2 aliphatic heterocycles. The lowest BCUT2D eigenvalue weighted by molar-refractivity contribution is -0.383. The predicted molar refractivity (Wildman–Crippen MR) is 83.6 cm³/mol. The number of nitrogen functional groups attached to an aromatic ring is 1. The highest BCUT2D eigenvalue weighted by Gasteiger charge is 2.32. The van der Waals surface area contributed by atoms with E-state index in [2.05, 4.69) is 9.80 Å². The van der Waals surface area contributed by atoms with Crippen molar-refractivity contribution in [2.45, 2.75) is 31.7 Å². The third-order valence-corrected chi connectivity index (χ3v) is 4.64. The Morgan fingerprint density at radius 1 is 1.19 bits per heavy atom. The summed E-state index contributed by atoms with van der Waals surface area (Å²) >= 11 is 0. The number of likely N-dealkylation sites (tertiary alicyclic amines) is 1. The summed E-state index contributed by atoms with van der Waals surface area (Å²) in [5.74, 6) is 0. The third-order valence-electron chi connectivity index (χ3n) is 4.64. The van der Waals surface area contributed by atoms with Crippen LogP contribution in [0.2, 0.25) is 0 Å². The first-order valence-electron chi connectivity index (χ1n) is 7.68. The van der Waals surface area contributed by atoms with Crippen molar-refractivity contribution in [3.05, 3.63) is 28.3 Å². The second kappa shape index (κ2) is 5.89. The van der Waals surface area contributed by atoms with Crippen molar-refractivity contribution in [3.8, 4) is 0 Å². The maximum absolute atomic E-state index is 11.3. The van der Waals surface area contributed by atoms with Gasteiger partial charge < -0.3 is 10.6 Å². The topological polar surface area (TPSA) is 75.6 Å². The number of hydrogen-bond acceptors (Lipinski definition) is 5. The van der Waals surface area contributed by atoms with E-state index in [1.54, 1.807) is 12.1 Å². The van der Waals surface area contributed by atoms with Gasteiger partial charge in [-0.3, -0.25) is 15.0 Å². The molecule has 2 N–H and O–H groups in total. The number of para-hydroxylation sites is 1. The number of benzene rings is 1. The summed E-state index contributed by atoms with van der Waals surface area (Å²) in [4.78, 5) is 15.6. The fraction of sp³-hybridized carbons (Fsp3) is 0.600. The average molecular weight is 290 g/mol. The van der Waals surface area contributed by atoms with E-state index in [9.17, 15) is 10.1 Å². The molecule has 1 atom stereocenters. The van der Waals surface area contributed by atoms with Crippen LogP contribution in [-0.4, -0.2) is 42.0 Å². The number of piperidine rings is 1. The molecule has 2 aliphatic rings. The van der Waals surface area contributed by atoms with Crippen LogP contribution in [0.1, 0.15) is 25.7 Å². The second-order valence-corrected chi connectivity index (χ2v) is 5.96. The van der Waals surface area contributed by atoms with Gasteiger partial charge in [-0.15, -0.1) is 0 Å². The normalized spacial score (nSPS) is 23.4. The molecule has 0 aliphatic carbocycles. The van der Waals surface area contributed by atoms with Crippen LogP contribution < -0.4 is 10.6 Å². The first-order valence-corrected chi connectivity index (χ1v) is 7.68. The molecule has 0 amide bonds. The van der Waals surface area contributed by atoms with Crippen LogP contribution in [0.4, 0.5) is 17.1 Å². The average Bonchev–Trinajstić information content (AvgIpc) is 2.97. The molecule has 2 heterocycles. The molecule has 1 unspecified atom stereocenters. The molecule has 6 nitrogen and oxygen atoms in total. The molecule has 2 fully saturated rings. The quantitative estimate of drug-likeness (QED) is 0.525. The lowest BCUT2D eigenvalue weighted by Gasteiger charge is -2.32. The molecule has 0 radical (unpaired) electrons. The third kappa shape index (κ3) is 2.81. The van der Waals surface area contributed by atoms with Crippen LogP contribution in [0, 0.1) is 10.1 Å². The van der Waals surface area contributed by atoms with Gasteiger partial charge in [0, 0.05) is 19.1 Å². The molecule has 3 rings (SSSR count). The van der Waals surface area contributed by atoms with E-state index < -0.39 is 0 Å². The Morgan fingerprint density at radius 2 is 1.95 bits per heavy atom. The second-order valence-electron chi connectivity index (χ2n) is 5.96. The highest BCUT2D eigenvalue weighted by molar-refractivity contribution is 5.75. The molecule has 0 spiro atoms. The Hall–Kier alpha value is -1.82. The number of hydrogen-bond donors (Lipinski definition) is 1. The van der Waals surface area contributed by atoms with Crippen molar-refractivity contribution < 1.29 is 4.92 Å². The van der Waals surface area contributed by atoms with E-state index in [0.29, 0.717) is 11.7 Å². The summed E-state index contributed by atoms with van der Waals surface area (Å²) in [6.07, 6.45) is 4.95. The van der Waals surface area contributed by atoms with Gasteiger partial charge in [-0.05, 0) is 44.5 Å². The first-order chi connectivity index (χ1) is 10.2. The fourth-order valence-corrected chi connectivity index (χ4v) is 3.54. The van der Waals surface area contributed by atoms with Crippen LogP contribution in [0.5, 0.6) is 0 Å². The van der Waals surface area contributed by atoms with Gasteiger partial charge in [0.1, 0.15) is 11.4 Å². The molecule has 0 bridgehead atoms. The highest BCUT2D eigenvalue weighted by Crippen LogP contribution is 2.36. The molecular weight excluding hydrogens is 268 g/mol. The van der Waals surface area contributed by atoms with Gasteiger partial charge in [-0.2, -0.15) is 0 Å². The number of rotatable bonds is 3. The number of nitrogens with two attached hydrogens (primary N) is 1. The van der Waals surface area contributed by atoms with E-state index >= 15 is 0 Å². The zero-order valence-electron chi connectivity index (χ0n) is 12.2. The van der Waals surface area contributed by atoms with Gasteiger partial charge in [-0.25, -0.2) is 0 Å². The molecule has 114 valence electrons. The van der Waals surface area contributed by atoms with Crippen LogP contribution in [0.3, 0.4) is 0 Å². The van der Waals surface area contributed by atoms with Crippen molar-refractivity contribution in [2.75, 3.05) is 36.8 Å². The van der Waals surface area contributed by atoms with Gasteiger partial charge in [0.2, 0.25) is 0 Å². The van der Waals surface area contributed by atoms with Gasteiger partial charge in [0.15, 0.2) is 0 Å². The minimum Gasteiger partial charge on any atom is -0.393 e. The van der Waals surface area contributed by atoms with Crippen molar-refractivity contribution in [3.63, 3.8) is 0 Å². The number of nitro groups is 1. The predicted octanol–water partition coefficient (Wildman–Crippen LogP) is 2.24. The zero-order valence-corrected chi connectivity index (χ0v) is 12.2. The summed E-state index contributed by atoms with van der Waals surface area (Å²) in [6.45, 7) is 4.06. The molecular formula is C15H22N4O2. The maximum Gasteiger partial charge on any atom is 0.315 e. The molecule has 21 heavy (non-hydrogen) atoms. The lowest BCUT2D eigenvalue weighted by atomic mass is 10.1. The summed E-state index contributed by atoms with van der Waals surface area (Å²) in [7, 11) is 0. The molecule has 0 saturated carbocycles. The summed E-state index contributed by atoms with van der Waals surface area (Å²) in [5.41, 5.74) is 6.76. The molecule has 6 heteroatoms. The van der Waals surface area contributed by atoms with Crippen LogP contribution in [0.25, 0.3) is 0 Å². The van der Waals surface area contributed by atoms with Gasteiger partial charge in [-0.1, -0.05) is 12.5 Å². The van der Waals surface area contributed by atoms with Gasteiger partial charge >= 0.3 is 5.69 Å². The van der Waals surface area contributed by atoms with E-state index in [-0.39, 0.29) is 16.3 Å². The number of nitro benzene ring substituents is 1. The molecule has 2 saturated heterocycles. The SMILES string of the molecule is Nc1cccc(N2CCC(N3CCCCC3)C2)c1[N+](=O)[O-]. The Morgan fingerprint density at radius 3 is 2.67 bits per heavy atom. The monoisotopic (exact) mass is 290 g/mol. The minimum atomic E-state index is -0.362. The Balaban J connectivity index is 1.77. The summed E-state index contributed by atoms with van der Waals surface area (Å²) in [6, 6.07) is 5.73. The Labute approximate surface area is 124 Å². The summed E-state index contributed by atoms with van der Waals surface area (Å²) in [5, 5.41) is 11.3. The Kier molecular flexibility index (Phi) is 3.96. The Bertz CT molecular complexity index is 528. The van der Waals surface area contributed by atoms with Gasteiger partial charge in [0.05, 0.1) is 4.92 Å². The summed E-state index contributed by atoms with van der Waals surface area (Å²) < 4.78 is 0. The zero-order chi connectivity index (χ0) is 14.8. The first kappa shape index (κ1) is 14.1. The highest BCUT2D eigenvalue weighted by atomic mass is 16.6. The largest absolute Gasteiger partial charge is 0.393 e. The molecule has 0 aromatic heterocycles. The maximum atomic E-state index is 11.3. The lowest BCUT2D eigenvalue weighted by Crippen LogP contribution is -2.40. The van der Waals surface area contributed by atoms with Crippen molar-refractivity contribution in [2.24, 2.45) is 0 Å². The standard InChI is InChI=1S/C15H22N4O2/c16-13-5-4-6-14(15(13)19(20)21)18-10-7-12(11-18)17-8-2-1-3-9-17/h4-6,12H,1-3,7-11,16H2. The van der Waals surface area contributed by atoms with E-state index in [1.165, 1.54) is 19.3 Å². The fourth-order valence-electron chi connectivity index (χ4n) is 3.54. The number of anilines is 2. The van der Waals surface area contributed by atoms with E-state index in [4.69, 9.17) is 5.73 Å². The van der Waals surface area contributed by atoms with Crippen LogP contribution >= 0.6 is 0 Å². The van der Waals surface area contributed by atoms with Crippen molar-refractivity contribution in [1.82, 2.24) is 4.90 Å². The van der Waals surface area contributed by atoms with E-state index in [0.717, 1.165) is 32.6 Å².